The normalized spacial score (nSPS) is 16.7. The number of fused-ring (bicyclic) bond motifs is 1. The molecule has 1 aromatic carbocycles. The van der Waals surface area contributed by atoms with E-state index in [4.69, 9.17) is 10.5 Å². The van der Waals surface area contributed by atoms with Crippen LogP contribution in [-0.2, 0) is 13.1 Å². The number of hydrogen-bond acceptors (Lipinski definition) is 5. The van der Waals surface area contributed by atoms with Crippen LogP contribution < -0.4 is 10.5 Å². The summed E-state index contributed by atoms with van der Waals surface area (Å²) in [5, 5.41) is 8.11. The molecule has 1 atom stereocenters. The second-order valence-corrected chi connectivity index (χ2v) is 4.94. The Kier molecular flexibility index (Phi) is 3.66. The van der Waals surface area contributed by atoms with Gasteiger partial charge in [-0.2, -0.15) is 0 Å². The van der Waals surface area contributed by atoms with Gasteiger partial charge in [0.25, 0.3) is 0 Å². The highest BCUT2D eigenvalue weighted by molar-refractivity contribution is 5.29. The van der Waals surface area contributed by atoms with Gasteiger partial charge >= 0.3 is 0 Å². The Balaban J connectivity index is 1.79. The molecule has 1 aliphatic heterocycles. The highest BCUT2D eigenvalue weighted by atomic mass is 16.5. The van der Waals surface area contributed by atoms with Crippen molar-refractivity contribution in [2.75, 3.05) is 20.2 Å². The minimum Gasteiger partial charge on any atom is -0.497 e. The molecule has 2 heterocycles. The van der Waals surface area contributed by atoms with E-state index in [2.05, 4.69) is 31.8 Å². The van der Waals surface area contributed by atoms with Crippen molar-refractivity contribution in [1.29, 1.82) is 0 Å². The molecule has 6 heteroatoms. The van der Waals surface area contributed by atoms with E-state index in [9.17, 15) is 0 Å². The van der Waals surface area contributed by atoms with Gasteiger partial charge in [0.1, 0.15) is 17.9 Å². The average Bonchev–Trinajstić information content (AvgIpc) is 2.96. The van der Waals surface area contributed by atoms with E-state index in [1.807, 2.05) is 12.1 Å². The smallest absolute Gasteiger partial charge is 0.147 e. The van der Waals surface area contributed by atoms with E-state index in [0.717, 1.165) is 31.2 Å². The summed E-state index contributed by atoms with van der Waals surface area (Å²) in [6.45, 7) is 3.24. The lowest BCUT2D eigenvalue weighted by Gasteiger charge is -2.34. The Hall–Kier alpha value is -1.92. The van der Waals surface area contributed by atoms with Crippen molar-refractivity contribution in [2.45, 2.75) is 19.1 Å². The number of hydrogen-bond donors (Lipinski definition) is 1. The SMILES string of the molecule is COc1ccc(C(CN)N2CCn3cnnc3C2)cc1. The summed E-state index contributed by atoms with van der Waals surface area (Å²) in [5.74, 6) is 1.87. The summed E-state index contributed by atoms with van der Waals surface area (Å²) < 4.78 is 7.29. The second kappa shape index (κ2) is 5.60. The summed E-state index contributed by atoms with van der Waals surface area (Å²) in [5.41, 5.74) is 7.20. The maximum Gasteiger partial charge on any atom is 0.147 e. The van der Waals surface area contributed by atoms with E-state index < -0.39 is 0 Å². The molecule has 0 fully saturated rings. The van der Waals surface area contributed by atoms with Crippen LogP contribution in [0.3, 0.4) is 0 Å². The predicted molar refractivity (Wildman–Crippen MR) is 75.2 cm³/mol. The van der Waals surface area contributed by atoms with Crippen LogP contribution in [0.1, 0.15) is 17.4 Å². The molecule has 2 aromatic rings. The molecule has 106 valence electrons. The van der Waals surface area contributed by atoms with Gasteiger partial charge in [0.15, 0.2) is 0 Å². The van der Waals surface area contributed by atoms with Gasteiger partial charge < -0.3 is 15.0 Å². The Morgan fingerprint density at radius 1 is 1.30 bits per heavy atom. The topological polar surface area (TPSA) is 69.2 Å². The van der Waals surface area contributed by atoms with Gasteiger partial charge in [-0.25, -0.2) is 0 Å². The van der Waals surface area contributed by atoms with Crippen molar-refractivity contribution in [1.82, 2.24) is 19.7 Å². The van der Waals surface area contributed by atoms with Crippen molar-refractivity contribution >= 4 is 0 Å². The predicted octanol–water partition coefficient (Wildman–Crippen LogP) is 0.802. The lowest BCUT2D eigenvalue weighted by Crippen LogP contribution is -2.39. The molecule has 6 nitrogen and oxygen atoms in total. The molecule has 1 aromatic heterocycles. The van der Waals surface area contributed by atoms with Crippen molar-refractivity contribution in [3.05, 3.63) is 42.0 Å². The van der Waals surface area contributed by atoms with Crippen LogP contribution in [0.2, 0.25) is 0 Å². The maximum absolute atomic E-state index is 5.99. The zero-order chi connectivity index (χ0) is 13.9. The van der Waals surface area contributed by atoms with Crippen LogP contribution in [0.15, 0.2) is 30.6 Å². The van der Waals surface area contributed by atoms with Crippen molar-refractivity contribution in [2.24, 2.45) is 5.73 Å². The molecule has 0 aliphatic carbocycles. The summed E-state index contributed by atoms with van der Waals surface area (Å²) >= 11 is 0. The zero-order valence-corrected chi connectivity index (χ0v) is 11.6. The van der Waals surface area contributed by atoms with Gasteiger partial charge in [-0.05, 0) is 17.7 Å². The van der Waals surface area contributed by atoms with Gasteiger partial charge in [0.05, 0.1) is 13.7 Å². The van der Waals surface area contributed by atoms with E-state index in [1.54, 1.807) is 13.4 Å². The van der Waals surface area contributed by atoms with Crippen LogP contribution in [0.25, 0.3) is 0 Å². The number of nitrogens with two attached hydrogens (primary N) is 1. The molecule has 2 N–H and O–H groups in total. The van der Waals surface area contributed by atoms with E-state index >= 15 is 0 Å². The van der Waals surface area contributed by atoms with Crippen molar-refractivity contribution in [3.8, 4) is 5.75 Å². The van der Waals surface area contributed by atoms with Crippen LogP contribution >= 0.6 is 0 Å². The first-order valence-electron chi connectivity index (χ1n) is 6.76. The molecule has 0 saturated heterocycles. The number of rotatable bonds is 4. The van der Waals surface area contributed by atoms with Gasteiger partial charge in [-0.15, -0.1) is 10.2 Å². The van der Waals surface area contributed by atoms with Crippen molar-refractivity contribution < 1.29 is 4.74 Å². The molecule has 0 spiro atoms. The minimum atomic E-state index is 0.200. The molecule has 0 radical (unpaired) electrons. The summed E-state index contributed by atoms with van der Waals surface area (Å²) in [6, 6.07) is 8.31. The molecule has 20 heavy (non-hydrogen) atoms. The largest absolute Gasteiger partial charge is 0.497 e. The van der Waals surface area contributed by atoms with Crippen LogP contribution in [0.4, 0.5) is 0 Å². The van der Waals surface area contributed by atoms with Gasteiger partial charge in [-0.1, -0.05) is 12.1 Å². The van der Waals surface area contributed by atoms with Gasteiger partial charge in [0.2, 0.25) is 0 Å². The van der Waals surface area contributed by atoms with E-state index in [0.29, 0.717) is 6.54 Å². The monoisotopic (exact) mass is 273 g/mol. The van der Waals surface area contributed by atoms with Crippen molar-refractivity contribution in [3.63, 3.8) is 0 Å². The highest BCUT2D eigenvalue weighted by Gasteiger charge is 2.24. The summed E-state index contributed by atoms with van der Waals surface area (Å²) in [7, 11) is 1.67. The molecule has 1 unspecified atom stereocenters. The quantitative estimate of drug-likeness (QED) is 0.892. The summed E-state index contributed by atoms with van der Waals surface area (Å²) in [6.07, 6.45) is 1.79. The number of ether oxygens (including phenoxy) is 1. The first-order chi connectivity index (χ1) is 9.81. The van der Waals surface area contributed by atoms with Crippen LogP contribution in [0.5, 0.6) is 5.75 Å². The highest BCUT2D eigenvalue weighted by Crippen LogP contribution is 2.25. The molecule has 3 rings (SSSR count). The Morgan fingerprint density at radius 2 is 2.10 bits per heavy atom. The third-order valence-electron chi connectivity index (χ3n) is 3.83. The van der Waals surface area contributed by atoms with Gasteiger partial charge in [0, 0.05) is 25.7 Å². The average molecular weight is 273 g/mol. The molecule has 0 amide bonds. The fraction of sp³-hybridized carbons (Fsp3) is 0.429. The Labute approximate surface area is 118 Å². The first kappa shape index (κ1) is 13.1. The van der Waals surface area contributed by atoms with Crippen LogP contribution in [0, 0.1) is 0 Å². The second-order valence-electron chi connectivity index (χ2n) is 4.94. The number of methoxy groups -OCH3 is 1. The number of nitrogens with zero attached hydrogens (tertiary/aromatic N) is 4. The van der Waals surface area contributed by atoms with E-state index in [-0.39, 0.29) is 6.04 Å². The lowest BCUT2D eigenvalue weighted by molar-refractivity contribution is 0.156. The maximum atomic E-state index is 5.99. The molecule has 0 bridgehead atoms. The molecule has 0 saturated carbocycles. The Bertz CT molecular complexity index is 565. The minimum absolute atomic E-state index is 0.200. The third kappa shape index (κ3) is 2.39. The van der Waals surface area contributed by atoms with Gasteiger partial charge in [-0.3, -0.25) is 4.90 Å². The van der Waals surface area contributed by atoms with E-state index in [1.165, 1.54) is 5.56 Å². The molecular formula is C14H19N5O. The lowest BCUT2D eigenvalue weighted by atomic mass is 10.0. The standard InChI is InChI=1S/C14H19N5O/c1-20-12-4-2-11(3-5-12)13(8-15)18-6-7-19-10-16-17-14(19)9-18/h2-5,10,13H,6-9,15H2,1H3. The number of aromatic nitrogens is 3. The fourth-order valence-electron chi connectivity index (χ4n) is 2.67. The summed E-state index contributed by atoms with van der Waals surface area (Å²) in [4.78, 5) is 2.35. The molecular weight excluding hydrogens is 254 g/mol. The first-order valence-corrected chi connectivity index (χ1v) is 6.76. The van der Waals surface area contributed by atoms with Crippen LogP contribution in [-0.4, -0.2) is 39.9 Å². The zero-order valence-electron chi connectivity index (χ0n) is 11.6. The number of benzene rings is 1. The Morgan fingerprint density at radius 3 is 2.80 bits per heavy atom. The third-order valence-corrected chi connectivity index (χ3v) is 3.83. The molecule has 1 aliphatic rings. The fourth-order valence-corrected chi connectivity index (χ4v) is 2.67.